The average molecular weight is 378 g/mol. The van der Waals surface area contributed by atoms with Gasteiger partial charge in [-0.05, 0) is 35.9 Å². The fourth-order valence-corrected chi connectivity index (χ4v) is 2.36. The Bertz CT molecular complexity index is 811. The van der Waals surface area contributed by atoms with Crippen LogP contribution in [-0.2, 0) is 17.8 Å². The molecular weight excluding hydrogens is 357 g/mol. The summed E-state index contributed by atoms with van der Waals surface area (Å²) in [6.07, 6.45) is 0.0869. The molecule has 0 aliphatic heterocycles. The van der Waals surface area contributed by atoms with E-state index in [1.54, 1.807) is 19.2 Å². The Balaban J connectivity index is 1.70. The van der Waals surface area contributed by atoms with Crippen molar-refractivity contribution in [1.82, 2.24) is 16.0 Å². The van der Waals surface area contributed by atoms with Crippen LogP contribution in [0.25, 0.3) is 0 Å². The normalized spacial score (nSPS) is 11.2. The Labute approximate surface area is 155 Å². The molecule has 0 bridgehead atoms. The zero-order valence-electron chi connectivity index (χ0n) is 14.9. The highest BCUT2D eigenvalue weighted by molar-refractivity contribution is 5.80. The van der Waals surface area contributed by atoms with Crippen molar-refractivity contribution in [3.63, 3.8) is 0 Å². The van der Waals surface area contributed by atoms with Crippen molar-refractivity contribution >= 4 is 11.9 Å². The fourth-order valence-electron chi connectivity index (χ4n) is 2.36. The van der Waals surface area contributed by atoms with E-state index in [0.29, 0.717) is 24.6 Å². The molecule has 1 amide bonds. The van der Waals surface area contributed by atoms with Crippen LogP contribution in [-0.4, -0.2) is 32.0 Å². The van der Waals surface area contributed by atoms with E-state index in [4.69, 9.17) is 0 Å². The summed E-state index contributed by atoms with van der Waals surface area (Å²) in [4.78, 5) is 15.8. The summed E-state index contributed by atoms with van der Waals surface area (Å²) in [6.45, 7) is 0.762. The largest absolute Gasteiger partial charge is 0.355 e. The first-order valence-corrected chi connectivity index (χ1v) is 8.37. The monoisotopic (exact) mass is 378 g/mol. The molecule has 0 saturated heterocycles. The second-order valence-corrected chi connectivity index (χ2v) is 5.74. The lowest BCUT2D eigenvalue weighted by molar-refractivity contribution is -0.120. The van der Waals surface area contributed by atoms with Crippen LogP contribution in [0.4, 0.5) is 13.2 Å². The molecule has 0 unspecified atom stereocenters. The molecule has 0 radical (unpaired) electrons. The maximum absolute atomic E-state index is 13.6. The van der Waals surface area contributed by atoms with Crippen molar-refractivity contribution in [2.45, 2.75) is 13.0 Å². The highest BCUT2D eigenvalue weighted by atomic mass is 19.1. The van der Waals surface area contributed by atoms with Crippen LogP contribution in [0.2, 0.25) is 0 Å². The number of nitrogens with zero attached hydrogens (tertiary/aromatic N) is 1. The van der Waals surface area contributed by atoms with Gasteiger partial charge in [-0.2, -0.15) is 0 Å². The maximum atomic E-state index is 13.6. The number of hydrogen-bond acceptors (Lipinski definition) is 2. The van der Waals surface area contributed by atoms with E-state index in [0.717, 1.165) is 18.2 Å². The molecular formula is C19H21F3N4O. The molecule has 144 valence electrons. The first-order chi connectivity index (χ1) is 13.0. The Morgan fingerprint density at radius 1 is 0.963 bits per heavy atom. The number of halogens is 3. The molecule has 0 heterocycles. The van der Waals surface area contributed by atoms with E-state index in [9.17, 15) is 18.0 Å². The minimum Gasteiger partial charge on any atom is -0.355 e. The summed E-state index contributed by atoms with van der Waals surface area (Å²) >= 11 is 0. The molecule has 27 heavy (non-hydrogen) atoms. The van der Waals surface area contributed by atoms with Gasteiger partial charge in [0.15, 0.2) is 5.96 Å². The van der Waals surface area contributed by atoms with Crippen LogP contribution < -0.4 is 16.0 Å². The smallest absolute Gasteiger partial charge is 0.224 e. The van der Waals surface area contributed by atoms with E-state index in [-0.39, 0.29) is 30.3 Å². The molecule has 3 N–H and O–H groups in total. The zero-order valence-corrected chi connectivity index (χ0v) is 14.9. The van der Waals surface area contributed by atoms with E-state index in [2.05, 4.69) is 20.9 Å². The van der Waals surface area contributed by atoms with Gasteiger partial charge in [-0.15, -0.1) is 0 Å². The third kappa shape index (κ3) is 7.01. The van der Waals surface area contributed by atoms with Crippen LogP contribution >= 0.6 is 0 Å². The third-order valence-corrected chi connectivity index (χ3v) is 3.67. The summed E-state index contributed by atoms with van der Waals surface area (Å²) in [5.74, 6) is -1.25. The van der Waals surface area contributed by atoms with Gasteiger partial charge >= 0.3 is 0 Å². The van der Waals surface area contributed by atoms with Crippen LogP contribution in [0.1, 0.15) is 11.1 Å². The van der Waals surface area contributed by atoms with E-state index < -0.39 is 11.6 Å². The summed E-state index contributed by atoms with van der Waals surface area (Å²) in [7, 11) is 1.54. The molecule has 0 saturated carbocycles. The van der Waals surface area contributed by atoms with Gasteiger partial charge in [-0.25, -0.2) is 13.2 Å². The highest BCUT2D eigenvalue weighted by Gasteiger charge is 2.06. The van der Waals surface area contributed by atoms with E-state index in [1.165, 1.54) is 12.1 Å². The number of benzene rings is 2. The lowest BCUT2D eigenvalue weighted by Gasteiger charge is -2.13. The zero-order chi connectivity index (χ0) is 19.6. The van der Waals surface area contributed by atoms with Gasteiger partial charge in [-0.1, -0.05) is 12.1 Å². The predicted molar refractivity (Wildman–Crippen MR) is 97.7 cm³/mol. The molecule has 8 heteroatoms. The number of carbonyl (C=O) groups excluding carboxylic acids is 1. The number of guanidine groups is 1. The topological polar surface area (TPSA) is 65.5 Å². The molecule has 5 nitrogen and oxygen atoms in total. The SMILES string of the molecule is CN=C(NCCNC(=O)Cc1cccc(F)c1)NCc1cc(F)ccc1F. The number of nitrogens with one attached hydrogen (secondary N) is 3. The van der Waals surface area contributed by atoms with Crippen LogP contribution in [0.3, 0.4) is 0 Å². The standard InChI is InChI=1S/C19H21F3N4O/c1-23-19(26-12-14-11-16(21)5-6-17(14)22)25-8-7-24-18(27)10-13-3-2-4-15(20)9-13/h2-6,9,11H,7-8,10,12H2,1H3,(H,24,27)(H2,23,25,26). The quantitative estimate of drug-likeness (QED) is 0.393. The number of aliphatic imine (C=N–C) groups is 1. The molecule has 0 aromatic heterocycles. The first kappa shape index (κ1) is 20.3. The average Bonchev–Trinajstić information content (AvgIpc) is 2.63. The van der Waals surface area contributed by atoms with Crippen molar-refractivity contribution in [2.24, 2.45) is 4.99 Å². The van der Waals surface area contributed by atoms with Gasteiger partial charge < -0.3 is 16.0 Å². The van der Waals surface area contributed by atoms with Crippen molar-refractivity contribution in [3.05, 3.63) is 71.0 Å². The summed E-state index contributed by atoms with van der Waals surface area (Å²) in [5.41, 5.74) is 0.774. The first-order valence-electron chi connectivity index (χ1n) is 8.37. The molecule has 0 aliphatic carbocycles. The van der Waals surface area contributed by atoms with Gasteiger partial charge in [0.05, 0.1) is 6.42 Å². The molecule has 0 aliphatic rings. The summed E-state index contributed by atoms with van der Waals surface area (Å²) in [5, 5.41) is 8.52. The van der Waals surface area contributed by atoms with Crippen molar-refractivity contribution in [2.75, 3.05) is 20.1 Å². The second kappa shape index (κ2) is 10.2. The second-order valence-electron chi connectivity index (χ2n) is 5.74. The van der Waals surface area contributed by atoms with Crippen LogP contribution in [0.15, 0.2) is 47.5 Å². The number of hydrogen-bond donors (Lipinski definition) is 3. The Morgan fingerprint density at radius 2 is 1.70 bits per heavy atom. The number of amides is 1. The molecule has 0 spiro atoms. The van der Waals surface area contributed by atoms with Crippen LogP contribution in [0, 0.1) is 17.5 Å². The lowest BCUT2D eigenvalue weighted by Crippen LogP contribution is -2.41. The third-order valence-electron chi connectivity index (χ3n) is 3.67. The minimum absolute atomic E-state index is 0.0647. The minimum atomic E-state index is -0.517. The van der Waals surface area contributed by atoms with E-state index >= 15 is 0 Å². The molecule has 0 fully saturated rings. The van der Waals surface area contributed by atoms with Crippen molar-refractivity contribution < 1.29 is 18.0 Å². The summed E-state index contributed by atoms with van der Waals surface area (Å²) in [6, 6.07) is 9.10. The van der Waals surface area contributed by atoms with Gasteiger partial charge in [0.2, 0.25) is 5.91 Å². The molecule has 2 aromatic rings. The van der Waals surface area contributed by atoms with Gasteiger partial charge in [0, 0.05) is 32.2 Å². The van der Waals surface area contributed by atoms with Gasteiger partial charge in [0.25, 0.3) is 0 Å². The number of carbonyl (C=O) groups is 1. The van der Waals surface area contributed by atoms with Gasteiger partial charge in [0.1, 0.15) is 17.5 Å². The summed E-state index contributed by atoms with van der Waals surface area (Å²) < 4.78 is 39.8. The van der Waals surface area contributed by atoms with E-state index in [1.807, 2.05) is 0 Å². The van der Waals surface area contributed by atoms with Crippen molar-refractivity contribution in [1.29, 1.82) is 0 Å². The molecule has 0 atom stereocenters. The number of rotatable bonds is 7. The maximum Gasteiger partial charge on any atom is 0.224 e. The lowest BCUT2D eigenvalue weighted by atomic mass is 10.1. The Kier molecular flexibility index (Phi) is 7.66. The predicted octanol–water partition coefficient (Wildman–Crippen LogP) is 2.13. The van der Waals surface area contributed by atoms with Crippen LogP contribution in [0.5, 0.6) is 0 Å². The Morgan fingerprint density at radius 3 is 2.44 bits per heavy atom. The highest BCUT2D eigenvalue weighted by Crippen LogP contribution is 2.09. The van der Waals surface area contributed by atoms with Crippen molar-refractivity contribution in [3.8, 4) is 0 Å². The molecule has 2 rings (SSSR count). The fraction of sp³-hybridized carbons (Fsp3) is 0.263. The molecule has 2 aromatic carbocycles. The Hall–Kier alpha value is -3.03. The van der Waals surface area contributed by atoms with Gasteiger partial charge in [-0.3, -0.25) is 9.79 Å².